The van der Waals surface area contributed by atoms with Crippen LogP contribution in [0.15, 0.2) is 24.3 Å². The molecule has 3 rings (SSSR count). The molecular weight excluding hydrogens is 304 g/mol. The van der Waals surface area contributed by atoms with Crippen LogP contribution in [0.1, 0.15) is 38.5 Å². The average Bonchev–Trinajstić information content (AvgIpc) is 3.03. The monoisotopic (exact) mass is 330 g/mol. The lowest BCUT2D eigenvalue weighted by molar-refractivity contribution is -0.122. The van der Waals surface area contributed by atoms with Crippen LogP contribution in [0, 0.1) is 5.92 Å². The van der Waals surface area contributed by atoms with Crippen molar-refractivity contribution in [2.75, 3.05) is 23.3 Å². The second-order valence-electron chi connectivity index (χ2n) is 7.03. The van der Waals surface area contributed by atoms with Crippen LogP contribution in [0.4, 0.5) is 11.4 Å². The Morgan fingerprint density at radius 1 is 1.17 bits per heavy atom. The lowest BCUT2D eigenvalue weighted by Crippen LogP contribution is -2.48. The first-order valence-corrected chi connectivity index (χ1v) is 8.73. The molecule has 6 heteroatoms. The molecule has 2 fully saturated rings. The van der Waals surface area contributed by atoms with Gasteiger partial charge in [0.25, 0.3) is 0 Å². The normalized spacial score (nSPS) is 20.8. The second-order valence-corrected chi connectivity index (χ2v) is 7.03. The lowest BCUT2D eigenvalue weighted by Gasteiger charge is -2.32. The second kappa shape index (κ2) is 6.81. The van der Waals surface area contributed by atoms with Gasteiger partial charge < -0.3 is 21.7 Å². The van der Waals surface area contributed by atoms with E-state index in [1.807, 2.05) is 24.3 Å². The molecule has 1 heterocycles. The highest BCUT2D eigenvalue weighted by Crippen LogP contribution is 2.30. The Labute approximate surface area is 142 Å². The highest BCUT2D eigenvalue weighted by molar-refractivity contribution is 5.98. The minimum Gasteiger partial charge on any atom is -0.371 e. The SMILES string of the molecule is NC(=O)C1CCN(c2cccc(NC(=O)C3(N)CCCC3)c2)CC1. The predicted molar refractivity (Wildman–Crippen MR) is 94.6 cm³/mol. The van der Waals surface area contributed by atoms with Crippen LogP contribution in [0.2, 0.25) is 0 Å². The van der Waals surface area contributed by atoms with Gasteiger partial charge in [-0.25, -0.2) is 0 Å². The average molecular weight is 330 g/mol. The molecule has 5 N–H and O–H groups in total. The van der Waals surface area contributed by atoms with Gasteiger partial charge in [-0.1, -0.05) is 18.9 Å². The van der Waals surface area contributed by atoms with Crippen molar-refractivity contribution in [2.24, 2.45) is 17.4 Å². The number of piperidine rings is 1. The van der Waals surface area contributed by atoms with Gasteiger partial charge in [-0.3, -0.25) is 9.59 Å². The molecule has 0 radical (unpaired) electrons. The summed E-state index contributed by atoms with van der Waals surface area (Å²) in [5, 5.41) is 2.97. The molecular formula is C18H26N4O2. The number of hydrogen-bond donors (Lipinski definition) is 3. The summed E-state index contributed by atoms with van der Waals surface area (Å²) in [5.41, 5.74) is 12.7. The van der Waals surface area contributed by atoms with Crippen LogP contribution in [0.25, 0.3) is 0 Å². The Kier molecular flexibility index (Phi) is 4.76. The number of carbonyl (C=O) groups is 2. The molecule has 0 bridgehead atoms. The summed E-state index contributed by atoms with van der Waals surface area (Å²) < 4.78 is 0. The predicted octanol–water partition coefficient (Wildman–Crippen LogP) is 1.60. The van der Waals surface area contributed by atoms with E-state index in [0.717, 1.165) is 63.0 Å². The van der Waals surface area contributed by atoms with E-state index in [1.165, 1.54) is 0 Å². The number of amides is 2. The molecule has 1 aromatic rings. The molecule has 1 aromatic carbocycles. The van der Waals surface area contributed by atoms with E-state index >= 15 is 0 Å². The van der Waals surface area contributed by atoms with E-state index in [-0.39, 0.29) is 17.7 Å². The van der Waals surface area contributed by atoms with E-state index in [1.54, 1.807) is 0 Å². The summed E-state index contributed by atoms with van der Waals surface area (Å²) in [6.07, 6.45) is 5.07. The van der Waals surface area contributed by atoms with Gasteiger partial charge in [0.15, 0.2) is 0 Å². The lowest BCUT2D eigenvalue weighted by atomic mass is 9.96. The number of nitrogens with zero attached hydrogens (tertiary/aromatic N) is 1. The van der Waals surface area contributed by atoms with Crippen LogP contribution in [-0.4, -0.2) is 30.4 Å². The number of anilines is 2. The standard InChI is InChI=1S/C18H26N4O2/c19-16(23)13-6-10-22(11-7-13)15-5-3-4-14(12-15)21-17(24)18(20)8-1-2-9-18/h3-5,12-13H,1-2,6-11,20H2,(H2,19,23)(H,21,24). The molecule has 0 aromatic heterocycles. The molecule has 1 aliphatic carbocycles. The third-order valence-corrected chi connectivity index (χ3v) is 5.31. The molecule has 1 saturated carbocycles. The molecule has 1 saturated heterocycles. The van der Waals surface area contributed by atoms with Gasteiger partial charge in [-0.05, 0) is 43.9 Å². The number of carbonyl (C=O) groups excluding carboxylic acids is 2. The minimum absolute atomic E-state index is 0.0244. The van der Waals surface area contributed by atoms with Gasteiger partial charge in [0.05, 0.1) is 5.54 Å². The van der Waals surface area contributed by atoms with E-state index in [2.05, 4.69) is 10.2 Å². The molecule has 6 nitrogen and oxygen atoms in total. The van der Waals surface area contributed by atoms with Crippen molar-refractivity contribution in [3.8, 4) is 0 Å². The van der Waals surface area contributed by atoms with Crippen molar-refractivity contribution < 1.29 is 9.59 Å². The van der Waals surface area contributed by atoms with Crippen LogP contribution < -0.4 is 21.7 Å². The summed E-state index contributed by atoms with van der Waals surface area (Å²) >= 11 is 0. The molecule has 2 aliphatic rings. The van der Waals surface area contributed by atoms with Crippen molar-refractivity contribution >= 4 is 23.2 Å². The molecule has 0 unspecified atom stereocenters. The largest absolute Gasteiger partial charge is 0.371 e. The molecule has 130 valence electrons. The van der Waals surface area contributed by atoms with Gasteiger partial charge in [-0.15, -0.1) is 0 Å². The maximum atomic E-state index is 12.4. The summed E-state index contributed by atoms with van der Waals surface area (Å²) in [6, 6.07) is 7.81. The van der Waals surface area contributed by atoms with E-state index in [4.69, 9.17) is 11.5 Å². The van der Waals surface area contributed by atoms with Gasteiger partial charge in [0, 0.05) is 30.4 Å². The number of benzene rings is 1. The fourth-order valence-electron chi connectivity index (χ4n) is 3.69. The maximum Gasteiger partial charge on any atom is 0.244 e. The summed E-state index contributed by atoms with van der Waals surface area (Å²) in [6.45, 7) is 1.59. The van der Waals surface area contributed by atoms with Crippen LogP contribution >= 0.6 is 0 Å². The smallest absolute Gasteiger partial charge is 0.244 e. The zero-order valence-corrected chi connectivity index (χ0v) is 14.0. The highest BCUT2D eigenvalue weighted by atomic mass is 16.2. The van der Waals surface area contributed by atoms with Crippen molar-refractivity contribution in [2.45, 2.75) is 44.1 Å². The van der Waals surface area contributed by atoms with E-state index < -0.39 is 5.54 Å². The first-order chi connectivity index (χ1) is 11.5. The fraction of sp³-hybridized carbons (Fsp3) is 0.556. The van der Waals surface area contributed by atoms with Crippen molar-refractivity contribution in [3.63, 3.8) is 0 Å². The number of nitrogens with one attached hydrogen (secondary N) is 1. The van der Waals surface area contributed by atoms with Gasteiger partial charge in [0.1, 0.15) is 0 Å². The van der Waals surface area contributed by atoms with Crippen LogP contribution in [0.5, 0.6) is 0 Å². The Morgan fingerprint density at radius 2 is 1.83 bits per heavy atom. The Morgan fingerprint density at radius 3 is 2.46 bits per heavy atom. The Bertz CT molecular complexity index is 617. The van der Waals surface area contributed by atoms with Gasteiger partial charge >= 0.3 is 0 Å². The van der Waals surface area contributed by atoms with E-state index in [9.17, 15) is 9.59 Å². The van der Waals surface area contributed by atoms with Crippen molar-refractivity contribution in [1.82, 2.24) is 0 Å². The molecule has 24 heavy (non-hydrogen) atoms. The zero-order chi connectivity index (χ0) is 17.2. The van der Waals surface area contributed by atoms with Gasteiger partial charge in [0.2, 0.25) is 11.8 Å². The van der Waals surface area contributed by atoms with Crippen LogP contribution in [-0.2, 0) is 9.59 Å². The molecule has 0 spiro atoms. The summed E-state index contributed by atoms with van der Waals surface area (Å²) in [5.74, 6) is -0.325. The molecule has 0 atom stereocenters. The fourth-order valence-corrected chi connectivity index (χ4v) is 3.69. The number of rotatable bonds is 4. The summed E-state index contributed by atoms with van der Waals surface area (Å²) in [4.78, 5) is 25.9. The van der Waals surface area contributed by atoms with Crippen molar-refractivity contribution in [3.05, 3.63) is 24.3 Å². The first-order valence-electron chi connectivity index (χ1n) is 8.73. The minimum atomic E-state index is -0.726. The maximum absolute atomic E-state index is 12.4. The Hall–Kier alpha value is -2.08. The molecule has 2 amide bonds. The van der Waals surface area contributed by atoms with Crippen molar-refractivity contribution in [1.29, 1.82) is 0 Å². The first kappa shape index (κ1) is 16.8. The summed E-state index contributed by atoms with van der Waals surface area (Å²) in [7, 11) is 0. The third kappa shape index (κ3) is 3.53. The van der Waals surface area contributed by atoms with Crippen LogP contribution in [0.3, 0.4) is 0 Å². The number of nitrogens with two attached hydrogens (primary N) is 2. The third-order valence-electron chi connectivity index (χ3n) is 5.31. The Balaban J connectivity index is 1.64. The molecule has 1 aliphatic heterocycles. The quantitative estimate of drug-likeness (QED) is 0.780. The topological polar surface area (TPSA) is 101 Å². The number of primary amides is 1. The van der Waals surface area contributed by atoms with Gasteiger partial charge in [-0.2, -0.15) is 0 Å². The zero-order valence-electron chi connectivity index (χ0n) is 14.0. The highest BCUT2D eigenvalue weighted by Gasteiger charge is 2.37. The van der Waals surface area contributed by atoms with E-state index in [0.29, 0.717) is 0 Å². The number of hydrogen-bond acceptors (Lipinski definition) is 4.